The number of nitrogens with zero attached hydrogens (tertiary/aromatic N) is 2. The minimum absolute atomic E-state index is 0.105. The van der Waals surface area contributed by atoms with Crippen LogP contribution in [0.4, 0.5) is 0 Å². The van der Waals surface area contributed by atoms with Crippen LogP contribution in [0.1, 0.15) is 29.7 Å². The van der Waals surface area contributed by atoms with Gasteiger partial charge in [0.05, 0.1) is 19.3 Å². The molecule has 0 aliphatic heterocycles. The molecule has 102 valence electrons. The average molecular weight is 259 g/mol. The second-order valence-corrected chi connectivity index (χ2v) is 4.68. The molecule has 2 rings (SSSR count). The van der Waals surface area contributed by atoms with Crippen LogP contribution in [-0.2, 0) is 7.05 Å². The maximum Gasteiger partial charge on any atom is 0.124 e. The lowest BCUT2D eigenvalue weighted by Gasteiger charge is -2.20. The van der Waals surface area contributed by atoms with E-state index in [9.17, 15) is 0 Å². The summed E-state index contributed by atoms with van der Waals surface area (Å²) in [5.41, 5.74) is 3.52. The molecule has 0 fully saturated rings. The molecule has 1 N–H and O–H groups in total. The SMILES string of the molecule is CCNC(c1cnn(C)c1)c1cc(C)ccc1OC. The van der Waals surface area contributed by atoms with E-state index in [-0.39, 0.29) is 6.04 Å². The predicted octanol–water partition coefficient (Wildman–Crippen LogP) is 2.44. The molecule has 0 aliphatic carbocycles. The Kier molecular flexibility index (Phi) is 4.22. The van der Waals surface area contributed by atoms with E-state index in [2.05, 4.69) is 36.4 Å². The number of hydrogen-bond donors (Lipinski definition) is 1. The first kappa shape index (κ1) is 13.6. The van der Waals surface area contributed by atoms with Gasteiger partial charge in [0.2, 0.25) is 0 Å². The minimum Gasteiger partial charge on any atom is -0.496 e. The minimum atomic E-state index is 0.105. The van der Waals surface area contributed by atoms with Crippen LogP contribution in [0.3, 0.4) is 0 Å². The Bertz CT molecular complexity index is 548. The zero-order valence-electron chi connectivity index (χ0n) is 12.0. The summed E-state index contributed by atoms with van der Waals surface area (Å²) in [5.74, 6) is 0.903. The third kappa shape index (κ3) is 2.96. The maximum atomic E-state index is 5.49. The molecule has 0 amide bonds. The van der Waals surface area contributed by atoms with Gasteiger partial charge in [-0.2, -0.15) is 5.10 Å². The molecular formula is C15H21N3O. The Hall–Kier alpha value is -1.81. The van der Waals surface area contributed by atoms with E-state index in [4.69, 9.17) is 4.74 Å². The van der Waals surface area contributed by atoms with Crippen molar-refractivity contribution in [2.24, 2.45) is 7.05 Å². The van der Waals surface area contributed by atoms with Gasteiger partial charge in [0.25, 0.3) is 0 Å². The van der Waals surface area contributed by atoms with Gasteiger partial charge in [0.15, 0.2) is 0 Å². The van der Waals surface area contributed by atoms with E-state index in [0.717, 1.165) is 23.4 Å². The molecule has 0 saturated heterocycles. The quantitative estimate of drug-likeness (QED) is 0.896. The highest BCUT2D eigenvalue weighted by atomic mass is 16.5. The molecule has 2 aromatic rings. The van der Waals surface area contributed by atoms with Gasteiger partial charge >= 0.3 is 0 Å². The van der Waals surface area contributed by atoms with E-state index in [1.54, 1.807) is 7.11 Å². The van der Waals surface area contributed by atoms with Crippen molar-refractivity contribution in [3.8, 4) is 5.75 Å². The second kappa shape index (κ2) is 5.89. The summed E-state index contributed by atoms with van der Waals surface area (Å²) in [5, 5.41) is 7.76. The van der Waals surface area contributed by atoms with Gasteiger partial charge in [0, 0.05) is 24.4 Å². The van der Waals surface area contributed by atoms with Gasteiger partial charge in [-0.1, -0.05) is 24.6 Å². The van der Waals surface area contributed by atoms with E-state index in [1.165, 1.54) is 5.56 Å². The fourth-order valence-electron chi connectivity index (χ4n) is 2.28. The number of benzene rings is 1. The van der Waals surface area contributed by atoms with Crippen molar-refractivity contribution in [2.45, 2.75) is 19.9 Å². The standard InChI is InChI=1S/C15H21N3O/c1-5-16-15(12-9-17-18(3)10-12)13-8-11(2)6-7-14(13)19-4/h6-10,15-16H,5H2,1-4H3. The summed E-state index contributed by atoms with van der Waals surface area (Å²) >= 11 is 0. The van der Waals surface area contributed by atoms with Crippen LogP contribution in [-0.4, -0.2) is 23.4 Å². The summed E-state index contributed by atoms with van der Waals surface area (Å²) in [4.78, 5) is 0. The molecule has 0 aliphatic rings. The van der Waals surface area contributed by atoms with E-state index in [0.29, 0.717) is 0 Å². The average Bonchev–Trinajstić information content (AvgIpc) is 2.82. The van der Waals surface area contributed by atoms with Gasteiger partial charge in [-0.15, -0.1) is 0 Å². The van der Waals surface area contributed by atoms with Gasteiger partial charge in [-0.25, -0.2) is 0 Å². The molecule has 0 bridgehead atoms. The number of ether oxygens (including phenoxy) is 1. The molecule has 0 radical (unpaired) electrons. The van der Waals surface area contributed by atoms with Crippen LogP contribution in [0.2, 0.25) is 0 Å². The molecule has 1 aromatic carbocycles. The molecule has 0 saturated carbocycles. The largest absolute Gasteiger partial charge is 0.496 e. The summed E-state index contributed by atoms with van der Waals surface area (Å²) in [7, 11) is 3.64. The van der Waals surface area contributed by atoms with Crippen LogP contribution >= 0.6 is 0 Å². The zero-order valence-corrected chi connectivity index (χ0v) is 12.0. The Balaban J connectivity index is 2.46. The highest BCUT2D eigenvalue weighted by molar-refractivity contribution is 5.43. The van der Waals surface area contributed by atoms with E-state index < -0.39 is 0 Å². The van der Waals surface area contributed by atoms with Crippen LogP contribution in [0.25, 0.3) is 0 Å². The fraction of sp³-hybridized carbons (Fsp3) is 0.400. The molecule has 4 heteroatoms. The molecule has 1 aromatic heterocycles. The van der Waals surface area contributed by atoms with Crippen molar-refractivity contribution in [1.29, 1.82) is 0 Å². The maximum absolute atomic E-state index is 5.49. The second-order valence-electron chi connectivity index (χ2n) is 4.68. The number of aromatic nitrogens is 2. The molecule has 19 heavy (non-hydrogen) atoms. The molecule has 1 atom stereocenters. The molecular weight excluding hydrogens is 238 g/mol. The predicted molar refractivity (Wildman–Crippen MR) is 76.5 cm³/mol. The number of hydrogen-bond acceptors (Lipinski definition) is 3. The third-order valence-corrected chi connectivity index (χ3v) is 3.16. The smallest absolute Gasteiger partial charge is 0.124 e. The van der Waals surface area contributed by atoms with E-state index >= 15 is 0 Å². The van der Waals surface area contributed by atoms with Gasteiger partial charge in [-0.3, -0.25) is 4.68 Å². The summed E-state index contributed by atoms with van der Waals surface area (Å²) in [6.45, 7) is 5.08. The van der Waals surface area contributed by atoms with Gasteiger partial charge in [0.1, 0.15) is 5.75 Å². The molecule has 1 unspecified atom stereocenters. The fourth-order valence-corrected chi connectivity index (χ4v) is 2.28. The van der Waals surface area contributed by atoms with Gasteiger partial charge < -0.3 is 10.1 Å². The highest BCUT2D eigenvalue weighted by Crippen LogP contribution is 2.30. The Morgan fingerprint density at radius 2 is 2.21 bits per heavy atom. The topological polar surface area (TPSA) is 39.1 Å². The van der Waals surface area contributed by atoms with Crippen LogP contribution in [0, 0.1) is 6.92 Å². The van der Waals surface area contributed by atoms with Crippen LogP contribution in [0.5, 0.6) is 5.75 Å². The lowest BCUT2D eigenvalue weighted by atomic mass is 9.98. The summed E-state index contributed by atoms with van der Waals surface area (Å²) < 4.78 is 7.31. The molecule has 1 heterocycles. The lowest BCUT2D eigenvalue weighted by molar-refractivity contribution is 0.404. The Morgan fingerprint density at radius 1 is 1.42 bits per heavy atom. The normalized spacial score (nSPS) is 12.4. The molecule has 4 nitrogen and oxygen atoms in total. The van der Waals surface area contributed by atoms with Crippen molar-refractivity contribution < 1.29 is 4.74 Å². The Morgan fingerprint density at radius 3 is 2.79 bits per heavy atom. The van der Waals surface area contributed by atoms with E-state index in [1.807, 2.05) is 30.2 Å². The number of aryl methyl sites for hydroxylation is 2. The van der Waals surface area contributed by atoms with Crippen LogP contribution < -0.4 is 10.1 Å². The van der Waals surface area contributed by atoms with Crippen LogP contribution in [0.15, 0.2) is 30.6 Å². The molecule has 0 spiro atoms. The number of methoxy groups -OCH3 is 1. The number of nitrogens with one attached hydrogen (secondary N) is 1. The third-order valence-electron chi connectivity index (χ3n) is 3.16. The van der Waals surface area contributed by atoms with Crippen molar-refractivity contribution in [3.63, 3.8) is 0 Å². The van der Waals surface area contributed by atoms with Gasteiger partial charge in [-0.05, 0) is 19.5 Å². The Labute approximate surface area is 114 Å². The highest BCUT2D eigenvalue weighted by Gasteiger charge is 2.18. The summed E-state index contributed by atoms with van der Waals surface area (Å²) in [6, 6.07) is 6.35. The first-order valence-electron chi connectivity index (χ1n) is 6.52. The monoisotopic (exact) mass is 259 g/mol. The van der Waals surface area contributed by atoms with Crippen molar-refractivity contribution in [2.75, 3.05) is 13.7 Å². The zero-order chi connectivity index (χ0) is 13.8. The first-order chi connectivity index (χ1) is 9.15. The summed E-state index contributed by atoms with van der Waals surface area (Å²) in [6.07, 6.45) is 3.93. The lowest BCUT2D eigenvalue weighted by Crippen LogP contribution is -2.22. The van der Waals surface area contributed by atoms with Crippen molar-refractivity contribution in [1.82, 2.24) is 15.1 Å². The number of rotatable bonds is 5. The van der Waals surface area contributed by atoms with Crippen molar-refractivity contribution in [3.05, 3.63) is 47.3 Å². The first-order valence-corrected chi connectivity index (χ1v) is 6.52. The van der Waals surface area contributed by atoms with Crippen molar-refractivity contribution >= 4 is 0 Å².